The van der Waals surface area contributed by atoms with E-state index in [9.17, 15) is 4.79 Å². The minimum atomic E-state index is 0.105. The number of nitrogens with zero attached hydrogens (tertiary/aromatic N) is 1. The number of fused-ring (bicyclic) bond motifs is 1. The second-order valence-corrected chi connectivity index (χ2v) is 5.06. The van der Waals surface area contributed by atoms with Gasteiger partial charge in [0.15, 0.2) is 0 Å². The fourth-order valence-electron chi connectivity index (χ4n) is 2.71. The molecule has 0 radical (unpaired) electrons. The fourth-order valence-corrected chi connectivity index (χ4v) is 2.71. The van der Waals surface area contributed by atoms with Crippen LogP contribution in [0.1, 0.15) is 21.5 Å². The van der Waals surface area contributed by atoms with Gasteiger partial charge in [0.05, 0.1) is 0 Å². The molecule has 0 fully saturated rings. The van der Waals surface area contributed by atoms with Gasteiger partial charge in [-0.3, -0.25) is 4.79 Å². The van der Waals surface area contributed by atoms with Crippen LogP contribution in [0.2, 0.25) is 0 Å². The summed E-state index contributed by atoms with van der Waals surface area (Å²) in [4.78, 5) is 14.5. The Morgan fingerprint density at radius 1 is 1.15 bits per heavy atom. The Bertz CT molecular complexity index is 636. The van der Waals surface area contributed by atoms with E-state index in [1.54, 1.807) is 0 Å². The second kappa shape index (κ2) is 5.47. The number of hydrogen-bond acceptors (Lipinski definition) is 2. The summed E-state index contributed by atoms with van der Waals surface area (Å²) in [7, 11) is 1.93. The van der Waals surface area contributed by atoms with Crippen LogP contribution in [0.15, 0.2) is 48.5 Å². The lowest BCUT2D eigenvalue weighted by atomic mass is 9.98. The summed E-state index contributed by atoms with van der Waals surface area (Å²) in [6, 6.07) is 16.1. The van der Waals surface area contributed by atoms with Crippen molar-refractivity contribution in [3.8, 4) is 0 Å². The smallest absolute Gasteiger partial charge is 0.258 e. The molecule has 102 valence electrons. The summed E-state index contributed by atoms with van der Waals surface area (Å²) in [6.45, 7) is 1.56. The highest BCUT2D eigenvalue weighted by molar-refractivity contribution is 6.08. The van der Waals surface area contributed by atoms with Crippen LogP contribution in [-0.4, -0.2) is 19.5 Å². The van der Waals surface area contributed by atoms with Gasteiger partial charge >= 0.3 is 0 Å². The molecule has 0 saturated carbocycles. The molecule has 1 N–H and O–H groups in total. The summed E-state index contributed by atoms with van der Waals surface area (Å²) < 4.78 is 0. The molecule has 0 atom stereocenters. The van der Waals surface area contributed by atoms with Crippen molar-refractivity contribution in [1.82, 2.24) is 5.32 Å². The van der Waals surface area contributed by atoms with Crippen LogP contribution < -0.4 is 10.2 Å². The number of carbonyl (C=O) groups is 1. The Morgan fingerprint density at radius 2 is 2.00 bits per heavy atom. The molecule has 20 heavy (non-hydrogen) atoms. The first kappa shape index (κ1) is 12.9. The average molecular weight is 266 g/mol. The average Bonchev–Trinajstić information content (AvgIpc) is 2.48. The van der Waals surface area contributed by atoms with Gasteiger partial charge in [0, 0.05) is 24.3 Å². The van der Waals surface area contributed by atoms with Crippen LogP contribution in [0.5, 0.6) is 0 Å². The Balaban J connectivity index is 1.92. The second-order valence-electron chi connectivity index (χ2n) is 5.06. The zero-order chi connectivity index (χ0) is 13.9. The standard InChI is InChI=1S/C17H18N2O/c1-18-12-13-5-4-7-15(11-13)19-10-9-14-6-2-3-8-16(14)17(19)20/h2-8,11,18H,9-10,12H2,1H3. The Morgan fingerprint density at radius 3 is 2.85 bits per heavy atom. The molecule has 1 aliphatic heterocycles. The third kappa shape index (κ3) is 2.32. The minimum absolute atomic E-state index is 0.105. The quantitative estimate of drug-likeness (QED) is 0.926. The maximum atomic E-state index is 12.6. The van der Waals surface area contributed by atoms with Gasteiger partial charge in [0.1, 0.15) is 0 Å². The molecule has 1 heterocycles. The van der Waals surface area contributed by atoms with Gasteiger partial charge in [-0.15, -0.1) is 0 Å². The third-order valence-electron chi connectivity index (χ3n) is 3.70. The summed E-state index contributed by atoms with van der Waals surface area (Å²) in [5.74, 6) is 0.105. The van der Waals surface area contributed by atoms with Crippen LogP contribution >= 0.6 is 0 Å². The Kier molecular flexibility index (Phi) is 3.52. The molecule has 0 bridgehead atoms. The maximum Gasteiger partial charge on any atom is 0.258 e. The highest BCUT2D eigenvalue weighted by atomic mass is 16.2. The molecule has 2 aromatic carbocycles. The maximum absolute atomic E-state index is 12.6. The van der Waals surface area contributed by atoms with E-state index in [0.29, 0.717) is 0 Å². The molecule has 0 saturated heterocycles. The summed E-state index contributed by atoms with van der Waals surface area (Å²) in [5.41, 5.74) is 4.16. The van der Waals surface area contributed by atoms with E-state index in [2.05, 4.69) is 17.4 Å². The molecule has 1 amide bonds. The fraction of sp³-hybridized carbons (Fsp3) is 0.235. The number of rotatable bonds is 3. The topological polar surface area (TPSA) is 32.3 Å². The molecule has 1 aliphatic rings. The molecular formula is C17H18N2O. The number of carbonyl (C=O) groups excluding carboxylic acids is 1. The number of benzene rings is 2. The lowest BCUT2D eigenvalue weighted by Gasteiger charge is -2.29. The van der Waals surface area contributed by atoms with Crippen molar-refractivity contribution in [2.24, 2.45) is 0 Å². The predicted molar refractivity (Wildman–Crippen MR) is 81.0 cm³/mol. The molecule has 0 spiro atoms. The molecule has 2 aromatic rings. The lowest BCUT2D eigenvalue weighted by molar-refractivity contribution is 0.0980. The van der Waals surface area contributed by atoms with E-state index in [0.717, 1.165) is 36.3 Å². The highest BCUT2D eigenvalue weighted by Gasteiger charge is 2.24. The largest absolute Gasteiger partial charge is 0.316 e. The predicted octanol–water partition coefficient (Wildman–Crippen LogP) is 2.61. The molecule has 3 nitrogen and oxygen atoms in total. The van der Waals surface area contributed by atoms with Crippen molar-refractivity contribution in [2.75, 3.05) is 18.5 Å². The van der Waals surface area contributed by atoms with E-state index < -0.39 is 0 Å². The number of hydrogen-bond donors (Lipinski definition) is 1. The van der Waals surface area contributed by atoms with Crippen LogP contribution in [0.3, 0.4) is 0 Å². The SMILES string of the molecule is CNCc1cccc(N2CCc3ccccc3C2=O)c1. The van der Waals surface area contributed by atoms with Crippen molar-refractivity contribution in [1.29, 1.82) is 0 Å². The van der Waals surface area contributed by atoms with Gasteiger partial charge in [0.25, 0.3) is 5.91 Å². The van der Waals surface area contributed by atoms with Crippen molar-refractivity contribution < 1.29 is 4.79 Å². The first-order valence-corrected chi connectivity index (χ1v) is 6.93. The van der Waals surface area contributed by atoms with Gasteiger partial charge in [0.2, 0.25) is 0 Å². The molecule has 0 aromatic heterocycles. The number of amides is 1. The number of anilines is 1. The van der Waals surface area contributed by atoms with E-state index in [1.165, 1.54) is 5.56 Å². The number of nitrogens with one attached hydrogen (secondary N) is 1. The minimum Gasteiger partial charge on any atom is -0.316 e. The van der Waals surface area contributed by atoms with Gasteiger partial charge in [-0.1, -0.05) is 30.3 Å². The molecular weight excluding hydrogens is 248 g/mol. The lowest BCUT2D eigenvalue weighted by Crippen LogP contribution is -2.37. The van der Waals surface area contributed by atoms with Crippen LogP contribution in [0.4, 0.5) is 5.69 Å². The molecule has 0 aliphatic carbocycles. The molecule has 0 unspecified atom stereocenters. The highest BCUT2D eigenvalue weighted by Crippen LogP contribution is 2.25. The zero-order valence-corrected chi connectivity index (χ0v) is 11.6. The van der Waals surface area contributed by atoms with Crippen LogP contribution in [-0.2, 0) is 13.0 Å². The van der Waals surface area contributed by atoms with E-state index in [1.807, 2.05) is 48.3 Å². The zero-order valence-electron chi connectivity index (χ0n) is 11.6. The van der Waals surface area contributed by atoms with Crippen LogP contribution in [0, 0.1) is 0 Å². The van der Waals surface area contributed by atoms with Crippen LogP contribution in [0.25, 0.3) is 0 Å². The third-order valence-corrected chi connectivity index (χ3v) is 3.70. The Labute approximate surface area is 119 Å². The molecule has 3 rings (SSSR count). The first-order valence-electron chi connectivity index (χ1n) is 6.93. The van der Waals surface area contributed by atoms with Gasteiger partial charge in [-0.05, 0) is 42.8 Å². The molecule has 3 heteroatoms. The van der Waals surface area contributed by atoms with Gasteiger partial charge < -0.3 is 10.2 Å². The first-order chi connectivity index (χ1) is 9.79. The van der Waals surface area contributed by atoms with Crippen molar-refractivity contribution in [3.63, 3.8) is 0 Å². The van der Waals surface area contributed by atoms with Gasteiger partial charge in [-0.2, -0.15) is 0 Å². The van der Waals surface area contributed by atoms with E-state index in [-0.39, 0.29) is 5.91 Å². The summed E-state index contributed by atoms with van der Waals surface area (Å²) in [6.07, 6.45) is 0.915. The van der Waals surface area contributed by atoms with Crippen molar-refractivity contribution in [2.45, 2.75) is 13.0 Å². The van der Waals surface area contributed by atoms with E-state index in [4.69, 9.17) is 0 Å². The normalized spacial score (nSPS) is 14.2. The van der Waals surface area contributed by atoms with Gasteiger partial charge in [-0.25, -0.2) is 0 Å². The Hall–Kier alpha value is -2.13. The monoisotopic (exact) mass is 266 g/mol. The van der Waals surface area contributed by atoms with Crippen molar-refractivity contribution >= 4 is 11.6 Å². The van der Waals surface area contributed by atoms with E-state index >= 15 is 0 Å². The summed E-state index contributed by atoms with van der Waals surface area (Å²) in [5, 5.41) is 3.14. The van der Waals surface area contributed by atoms with Crippen molar-refractivity contribution in [3.05, 3.63) is 65.2 Å². The summed E-state index contributed by atoms with van der Waals surface area (Å²) >= 11 is 0.